The molecule has 1 rings (SSSR count). The Morgan fingerprint density at radius 3 is 2.56 bits per heavy atom. The number of nitrogens with zero attached hydrogens (tertiary/aromatic N) is 1. The van der Waals surface area contributed by atoms with Crippen LogP contribution in [0.15, 0.2) is 0 Å². The van der Waals surface area contributed by atoms with Crippen LogP contribution in [0.3, 0.4) is 0 Å². The van der Waals surface area contributed by atoms with Gasteiger partial charge in [-0.3, -0.25) is 4.79 Å². The average Bonchev–Trinajstić information content (AvgIpc) is 2.75. The molecule has 0 spiro atoms. The van der Waals surface area contributed by atoms with Crippen molar-refractivity contribution in [3.8, 4) is 0 Å². The van der Waals surface area contributed by atoms with Crippen LogP contribution in [-0.4, -0.2) is 50.1 Å². The highest BCUT2D eigenvalue weighted by molar-refractivity contribution is 5.78. The van der Waals surface area contributed by atoms with Crippen LogP contribution in [0.1, 0.15) is 32.6 Å². The van der Waals surface area contributed by atoms with Gasteiger partial charge >= 0.3 is 0 Å². The second kappa shape index (κ2) is 6.86. The quantitative estimate of drug-likeness (QED) is 0.698. The third-order valence-electron chi connectivity index (χ3n) is 3.38. The Bertz CT molecular complexity index is 204. The zero-order valence-corrected chi connectivity index (χ0v) is 10.8. The smallest absolute Gasteiger partial charge is 0.234 e. The van der Waals surface area contributed by atoms with E-state index in [1.807, 2.05) is 14.1 Å². The van der Waals surface area contributed by atoms with E-state index >= 15 is 0 Å². The minimum absolute atomic E-state index is 0.112. The Kier molecular flexibility index (Phi) is 5.77. The molecule has 0 heterocycles. The third kappa shape index (κ3) is 4.94. The highest BCUT2D eigenvalue weighted by Gasteiger charge is 2.15. The fraction of sp³-hybridized carbons (Fsp3) is 0.917. The number of likely N-dealkylation sites (N-methyl/N-ethyl adjacent to an activating group) is 1. The van der Waals surface area contributed by atoms with Gasteiger partial charge in [-0.05, 0) is 33.9 Å². The van der Waals surface area contributed by atoms with Crippen LogP contribution in [0.2, 0.25) is 0 Å². The highest BCUT2D eigenvalue weighted by Crippen LogP contribution is 2.17. The number of nitrogens with one attached hydrogen (secondary N) is 2. The summed E-state index contributed by atoms with van der Waals surface area (Å²) in [5.74, 6) is 0.112. The molecule has 0 aromatic rings. The number of hydrogen-bond donors (Lipinski definition) is 2. The van der Waals surface area contributed by atoms with Crippen LogP contribution in [0, 0.1) is 0 Å². The summed E-state index contributed by atoms with van der Waals surface area (Å²) in [6, 6.07) is 0.951. The number of hydrogen-bond acceptors (Lipinski definition) is 3. The highest BCUT2D eigenvalue weighted by atomic mass is 16.1. The Morgan fingerprint density at radius 1 is 1.38 bits per heavy atom. The van der Waals surface area contributed by atoms with E-state index in [-0.39, 0.29) is 5.91 Å². The summed E-state index contributed by atoms with van der Waals surface area (Å²) in [6.07, 6.45) is 5.05. The molecular formula is C12H25N3O. The van der Waals surface area contributed by atoms with E-state index in [1.165, 1.54) is 25.7 Å². The lowest BCUT2D eigenvalue weighted by Gasteiger charge is -2.20. The molecule has 16 heavy (non-hydrogen) atoms. The molecule has 2 N–H and O–H groups in total. The molecule has 0 bridgehead atoms. The van der Waals surface area contributed by atoms with E-state index in [0.717, 1.165) is 6.54 Å². The van der Waals surface area contributed by atoms with Crippen LogP contribution in [0.5, 0.6) is 0 Å². The molecule has 1 unspecified atom stereocenters. The van der Waals surface area contributed by atoms with E-state index in [0.29, 0.717) is 18.6 Å². The van der Waals surface area contributed by atoms with Crippen molar-refractivity contribution in [2.75, 3.05) is 27.2 Å². The summed E-state index contributed by atoms with van der Waals surface area (Å²) < 4.78 is 0. The van der Waals surface area contributed by atoms with Crippen molar-refractivity contribution in [3.63, 3.8) is 0 Å². The van der Waals surface area contributed by atoms with Crippen LogP contribution >= 0.6 is 0 Å². The molecule has 1 aliphatic rings. The third-order valence-corrected chi connectivity index (χ3v) is 3.38. The van der Waals surface area contributed by atoms with Crippen LogP contribution in [0.25, 0.3) is 0 Å². The Labute approximate surface area is 98.8 Å². The summed E-state index contributed by atoms with van der Waals surface area (Å²) >= 11 is 0. The van der Waals surface area contributed by atoms with Gasteiger partial charge in [0.25, 0.3) is 0 Å². The lowest BCUT2D eigenvalue weighted by molar-refractivity contribution is -0.120. The molecule has 0 saturated heterocycles. The van der Waals surface area contributed by atoms with Crippen molar-refractivity contribution in [1.82, 2.24) is 15.5 Å². The largest absolute Gasteiger partial charge is 0.353 e. The Morgan fingerprint density at radius 2 is 2.00 bits per heavy atom. The van der Waals surface area contributed by atoms with Gasteiger partial charge in [0.05, 0.1) is 6.54 Å². The number of rotatable bonds is 6. The van der Waals surface area contributed by atoms with Crippen LogP contribution in [-0.2, 0) is 4.79 Å². The molecule has 1 saturated carbocycles. The zero-order valence-electron chi connectivity index (χ0n) is 10.8. The van der Waals surface area contributed by atoms with Gasteiger partial charge in [-0.25, -0.2) is 0 Å². The first kappa shape index (κ1) is 13.5. The summed E-state index contributed by atoms with van der Waals surface area (Å²) in [5.41, 5.74) is 0. The van der Waals surface area contributed by atoms with Crippen molar-refractivity contribution < 1.29 is 4.79 Å². The molecule has 0 aromatic carbocycles. The van der Waals surface area contributed by atoms with E-state index in [4.69, 9.17) is 0 Å². The first-order valence-electron chi connectivity index (χ1n) is 6.26. The standard InChI is InChI=1S/C12H25N3O/c1-10(15(2)3)8-14-12(16)9-13-11-6-4-5-7-11/h10-11,13H,4-9H2,1-3H3,(H,14,16). The Balaban J connectivity index is 2.06. The maximum absolute atomic E-state index is 11.5. The van der Waals surface area contributed by atoms with E-state index in [1.54, 1.807) is 0 Å². The maximum Gasteiger partial charge on any atom is 0.234 e. The fourth-order valence-corrected chi connectivity index (χ4v) is 1.87. The molecule has 1 atom stereocenters. The van der Waals surface area contributed by atoms with Gasteiger partial charge in [-0.1, -0.05) is 12.8 Å². The summed E-state index contributed by atoms with van der Waals surface area (Å²) in [6.45, 7) is 3.29. The topological polar surface area (TPSA) is 44.4 Å². The monoisotopic (exact) mass is 227 g/mol. The first-order chi connectivity index (χ1) is 7.59. The van der Waals surface area contributed by atoms with Gasteiger partial charge in [-0.2, -0.15) is 0 Å². The van der Waals surface area contributed by atoms with Gasteiger partial charge in [0.15, 0.2) is 0 Å². The van der Waals surface area contributed by atoms with Gasteiger partial charge in [0, 0.05) is 18.6 Å². The van der Waals surface area contributed by atoms with Crippen molar-refractivity contribution in [1.29, 1.82) is 0 Å². The zero-order chi connectivity index (χ0) is 12.0. The lowest BCUT2D eigenvalue weighted by Crippen LogP contribution is -2.43. The molecule has 94 valence electrons. The van der Waals surface area contributed by atoms with Gasteiger partial charge in [0.1, 0.15) is 0 Å². The van der Waals surface area contributed by atoms with E-state index in [2.05, 4.69) is 22.5 Å². The second-order valence-electron chi connectivity index (χ2n) is 4.98. The van der Waals surface area contributed by atoms with E-state index < -0.39 is 0 Å². The molecule has 1 amide bonds. The SMILES string of the molecule is CC(CNC(=O)CNC1CCCC1)N(C)C. The maximum atomic E-state index is 11.5. The van der Waals surface area contributed by atoms with Gasteiger partial charge in [0.2, 0.25) is 5.91 Å². The van der Waals surface area contributed by atoms with Crippen molar-refractivity contribution >= 4 is 5.91 Å². The minimum Gasteiger partial charge on any atom is -0.353 e. The summed E-state index contributed by atoms with van der Waals surface area (Å²) in [7, 11) is 4.04. The minimum atomic E-state index is 0.112. The van der Waals surface area contributed by atoms with Crippen molar-refractivity contribution in [2.24, 2.45) is 0 Å². The molecule has 4 heteroatoms. The average molecular weight is 227 g/mol. The van der Waals surface area contributed by atoms with Gasteiger partial charge < -0.3 is 15.5 Å². The lowest BCUT2D eigenvalue weighted by atomic mass is 10.2. The summed E-state index contributed by atoms with van der Waals surface area (Å²) in [4.78, 5) is 13.6. The Hall–Kier alpha value is -0.610. The second-order valence-corrected chi connectivity index (χ2v) is 4.98. The first-order valence-corrected chi connectivity index (χ1v) is 6.26. The summed E-state index contributed by atoms with van der Waals surface area (Å²) in [5, 5.41) is 6.25. The molecule has 0 aromatic heterocycles. The molecule has 1 fully saturated rings. The van der Waals surface area contributed by atoms with Gasteiger partial charge in [-0.15, -0.1) is 0 Å². The molecule has 4 nitrogen and oxygen atoms in total. The van der Waals surface area contributed by atoms with Crippen molar-refractivity contribution in [3.05, 3.63) is 0 Å². The van der Waals surface area contributed by atoms with Crippen LogP contribution in [0.4, 0.5) is 0 Å². The molecule has 0 radical (unpaired) electrons. The van der Waals surface area contributed by atoms with Crippen LogP contribution < -0.4 is 10.6 Å². The predicted molar refractivity (Wildman–Crippen MR) is 66.4 cm³/mol. The number of carbonyl (C=O) groups excluding carboxylic acids is 1. The number of amides is 1. The normalized spacial score (nSPS) is 19.0. The van der Waals surface area contributed by atoms with E-state index in [9.17, 15) is 4.79 Å². The molecule has 0 aliphatic heterocycles. The van der Waals surface area contributed by atoms with Crippen molar-refractivity contribution in [2.45, 2.75) is 44.7 Å². The molecular weight excluding hydrogens is 202 g/mol. The fourth-order valence-electron chi connectivity index (χ4n) is 1.87. The molecule has 1 aliphatic carbocycles. The number of carbonyl (C=O) groups is 1. The predicted octanol–water partition coefficient (Wildman–Crippen LogP) is 0.585.